The van der Waals surface area contributed by atoms with Crippen molar-refractivity contribution >= 4 is 26.6 Å². The van der Waals surface area contributed by atoms with Crippen LogP contribution < -0.4 is 14.2 Å². The molecule has 24 heavy (non-hydrogen) atoms. The van der Waals surface area contributed by atoms with Crippen molar-refractivity contribution in [3.63, 3.8) is 0 Å². The fraction of sp³-hybridized carbons (Fsp3) is 0.118. The van der Waals surface area contributed by atoms with Crippen molar-refractivity contribution in [3.05, 3.63) is 54.7 Å². The Morgan fingerprint density at radius 1 is 0.917 bits per heavy atom. The Hall–Kier alpha value is -2.80. The summed E-state index contributed by atoms with van der Waals surface area (Å²) in [7, 11) is -0.583. The minimum atomic E-state index is -3.69. The van der Waals surface area contributed by atoms with Crippen LogP contribution in [0.4, 0.5) is 5.69 Å². The third kappa shape index (κ3) is 3.26. The fourth-order valence-electron chi connectivity index (χ4n) is 2.25. The van der Waals surface area contributed by atoms with E-state index in [0.717, 1.165) is 10.9 Å². The monoisotopic (exact) mass is 344 g/mol. The van der Waals surface area contributed by atoms with Crippen LogP contribution >= 0.6 is 0 Å². The molecule has 0 fully saturated rings. The number of methoxy groups -OCH3 is 2. The molecule has 1 heterocycles. The molecule has 0 atom stereocenters. The SMILES string of the molecule is COc1ccc(S(=O)(=O)Nc2cnc3cc(OC)ccc3c2)cc1. The predicted molar refractivity (Wildman–Crippen MR) is 92.1 cm³/mol. The molecule has 0 aliphatic rings. The lowest BCUT2D eigenvalue weighted by Crippen LogP contribution is -2.13. The van der Waals surface area contributed by atoms with Crippen LogP contribution in [0.1, 0.15) is 0 Å². The molecule has 0 bridgehead atoms. The molecule has 0 saturated carbocycles. The van der Waals surface area contributed by atoms with Crippen molar-refractivity contribution in [2.75, 3.05) is 18.9 Å². The van der Waals surface area contributed by atoms with Crippen LogP contribution in [0.3, 0.4) is 0 Å². The van der Waals surface area contributed by atoms with Gasteiger partial charge in [-0.15, -0.1) is 0 Å². The fourth-order valence-corrected chi connectivity index (χ4v) is 3.29. The van der Waals surface area contributed by atoms with Crippen LogP contribution in [-0.4, -0.2) is 27.6 Å². The maximum absolute atomic E-state index is 12.4. The second kappa shape index (κ2) is 6.37. The first-order valence-corrected chi connectivity index (χ1v) is 8.61. The molecule has 0 unspecified atom stereocenters. The number of hydrogen-bond acceptors (Lipinski definition) is 5. The van der Waals surface area contributed by atoms with E-state index < -0.39 is 10.0 Å². The average Bonchev–Trinajstić information content (AvgIpc) is 2.61. The molecule has 124 valence electrons. The lowest BCUT2D eigenvalue weighted by molar-refractivity contribution is 0.414. The van der Waals surface area contributed by atoms with Gasteiger partial charge < -0.3 is 9.47 Å². The lowest BCUT2D eigenvalue weighted by Gasteiger charge is -2.09. The van der Waals surface area contributed by atoms with Crippen molar-refractivity contribution in [2.45, 2.75) is 4.90 Å². The smallest absolute Gasteiger partial charge is 0.261 e. The third-order valence-corrected chi connectivity index (χ3v) is 4.91. The van der Waals surface area contributed by atoms with Crippen molar-refractivity contribution < 1.29 is 17.9 Å². The van der Waals surface area contributed by atoms with Crippen molar-refractivity contribution in [1.82, 2.24) is 4.98 Å². The molecule has 1 aromatic heterocycles. The maximum Gasteiger partial charge on any atom is 0.261 e. The summed E-state index contributed by atoms with van der Waals surface area (Å²) in [6.07, 6.45) is 1.48. The molecule has 0 saturated heterocycles. The number of sulfonamides is 1. The van der Waals surface area contributed by atoms with Crippen molar-refractivity contribution in [1.29, 1.82) is 0 Å². The largest absolute Gasteiger partial charge is 0.497 e. The van der Waals surface area contributed by atoms with Gasteiger partial charge in [-0.25, -0.2) is 8.42 Å². The summed E-state index contributed by atoms with van der Waals surface area (Å²) >= 11 is 0. The van der Waals surface area contributed by atoms with Gasteiger partial charge >= 0.3 is 0 Å². The molecule has 1 N–H and O–H groups in total. The van der Waals surface area contributed by atoms with Crippen molar-refractivity contribution in [3.8, 4) is 11.5 Å². The van der Waals surface area contributed by atoms with Gasteiger partial charge in [-0.05, 0) is 42.5 Å². The first-order chi connectivity index (χ1) is 11.5. The van der Waals surface area contributed by atoms with Gasteiger partial charge in [-0.1, -0.05) is 0 Å². The van der Waals surface area contributed by atoms with Gasteiger partial charge in [0.25, 0.3) is 10.0 Å². The van der Waals surface area contributed by atoms with Gasteiger partial charge in [0.15, 0.2) is 0 Å². The molecule has 6 nitrogen and oxygen atoms in total. The van der Waals surface area contributed by atoms with E-state index in [1.54, 1.807) is 37.4 Å². The van der Waals surface area contributed by atoms with Crippen LogP contribution in [0.2, 0.25) is 0 Å². The Labute approximate surface area is 140 Å². The summed E-state index contributed by atoms with van der Waals surface area (Å²) in [5.41, 5.74) is 1.12. The highest BCUT2D eigenvalue weighted by atomic mass is 32.2. The van der Waals surface area contributed by atoms with Gasteiger partial charge in [0, 0.05) is 11.5 Å². The highest BCUT2D eigenvalue weighted by Gasteiger charge is 2.14. The number of pyridine rings is 1. The highest BCUT2D eigenvalue weighted by Crippen LogP contribution is 2.23. The molecule has 7 heteroatoms. The first-order valence-electron chi connectivity index (χ1n) is 7.12. The van der Waals surface area contributed by atoms with Crippen LogP contribution in [0.15, 0.2) is 59.6 Å². The van der Waals surface area contributed by atoms with E-state index in [0.29, 0.717) is 17.2 Å². The van der Waals surface area contributed by atoms with Crippen LogP contribution in [0, 0.1) is 0 Å². The molecule has 0 amide bonds. The topological polar surface area (TPSA) is 77.5 Å². The molecular formula is C17H16N2O4S. The molecule has 3 rings (SSSR count). The van der Waals surface area contributed by atoms with Gasteiger partial charge in [0.2, 0.25) is 0 Å². The molecular weight excluding hydrogens is 328 g/mol. The maximum atomic E-state index is 12.4. The van der Waals surface area contributed by atoms with Gasteiger partial charge in [-0.2, -0.15) is 0 Å². The Balaban J connectivity index is 1.89. The van der Waals surface area contributed by atoms with Crippen LogP contribution in [0.25, 0.3) is 10.9 Å². The zero-order valence-electron chi connectivity index (χ0n) is 13.2. The van der Waals surface area contributed by atoms with Gasteiger partial charge in [0.05, 0.1) is 36.5 Å². The second-order valence-electron chi connectivity index (χ2n) is 5.06. The number of hydrogen-bond donors (Lipinski definition) is 1. The number of rotatable bonds is 5. The number of nitrogens with zero attached hydrogens (tertiary/aromatic N) is 1. The minimum absolute atomic E-state index is 0.151. The van der Waals surface area contributed by atoms with E-state index in [-0.39, 0.29) is 4.90 Å². The molecule has 0 aliphatic heterocycles. The molecule has 0 radical (unpaired) electrons. The lowest BCUT2D eigenvalue weighted by atomic mass is 10.2. The zero-order valence-corrected chi connectivity index (χ0v) is 14.0. The number of benzene rings is 2. The quantitative estimate of drug-likeness (QED) is 0.770. The Bertz CT molecular complexity index is 970. The number of fused-ring (bicyclic) bond motifs is 1. The molecule has 3 aromatic rings. The summed E-state index contributed by atoms with van der Waals surface area (Å²) in [5.74, 6) is 1.29. The summed E-state index contributed by atoms with van der Waals surface area (Å²) < 4.78 is 37.6. The van der Waals surface area contributed by atoms with E-state index >= 15 is 0 Å². The molecule has 2 aromatic carbocycles. The number of anilines is 1. The predicted octanol–water partition coefficient (Wildman–Crippen LogP) is 3.05. The van der Waals surface area contributed by atoms with E-state index in [9.17, 15) is 8.42 Å². The molecule has 0 aliphatic carbocycles. The second-order valence-corrected chi connectivity index (χ2v) is 6.75. The van der Waals surface area contributed by atoms with E-state index in [4.69, 9.17) is 9.47 Å². The Morgan fingerprint density at radius 2 is 1.58 bits per heavy atom. The summed E-state index contributed by atoms with van der Waals surface area (Å²) in [6, 6.07) is 13.3. The van der Waals surface area contributed by atoms with Gasteiger partial charge in [-0.3, -0.25) is 9.71 Å². The third-order valence-electron chi connectivity index (χ3n) is 3.51. The summed E-state index contributed by atoms with van der Waals surface area (Å²) in [4.78, 5) is 4.42. The van der Waals surface area contributed by atoms with Crippen molar-refractivity contribution in [2.24, 2.45) is 0 Å². The normalized spacial score (nSPS) is 11.2. The number of nitrogens with one attached hydrogen (secondary N) is 1. The summed E-state index contributed by atoms with van der Waals surface area (Å²) in [5, 5.41) is 0.811. The highest BCUT2D eigenvalue weighted by molar-refractivity contribution is 7.92. The van der Waals surface area contributed by atoms with Crippen LogP contribution in [0.5, 0.6) is 11.5 Å². The van der Waals surface area contributed by atoms with E-state index in [1.165, 1.54) is 25.4 Å². The Morgan fingerprint density at radius 3 is 2.25 bits per heavy atom. The first kappa shape index (κ1) is 16.1. The van der Waals surface area contributed by atoms with Gasteiger partial charge in [0.1, 0.15) is 11.5 Å². The molecule has 0 spiro atoms. The number of ether oxygens (including phenoxy) is 2. The van der Waals surface area contributed by atoms with Crippen LogP contribution in [-0.2, 0) is 10.0 Å². The Kier molecular flexibility index (Phi) is 4.26. The average molecular weight is 344 g/mol. The zero-order chi connectivity index (χ0) is 17.2. The standard InChI is InChI=1S/C17H16N2O4S/c1-22-14-5-7-16(8-6-14)24(20,21)19-13-9-12-3-4-15(23-2)10-17(12)18-11-13/h3-11,19H,1-2H3. The van der Waals surface area contributed by atoms with E-state index in [1.807, 2.05) is 6.07 Å². The summed E-state index contributed by atoms with van der Waals surface area (Å²) in [6.45, 7) is 0. The minimum Gasteiger partial charge on any atom is -0.497 e. The number of aromatic nitrogens is 1. The van der Waals surface area contributed by atoms with E-state index in [2.05, 4.69) is 9.71 Å².